The molecule has 5 heteroatoms. The van der Waals surface area contributed by atoms with Crippen LogP contribution in [0.5, 0.6) is 0 Å². The van der Waals surface area contributed by atoms with Gasteiger partial charge >= 0.3 is 0 Å². The Balaban J connectivity index is 2.40. The van der Waals surface area contributed by atoms with Gasteiger partial charge in [-0.05, 0) is 19.0 Å². The lowest BCUT2D eigenvalue weighted by Gasteiger charge is -2.28. The lowest BCUT2D eigenvalue weighted by molar-refractivity contribution is 0.204. The van der Waals surface area contributed by atoms with Crippen LogP contribution in [0.2, 0.25) is 0 Å². The zero-order valence-corrected chi connectivity index (χ0v) is 9.03. The minimum Gasteiger partial charge on any atom is -0.343 e. The summed E-state index contributed by atoms with van der Waals surface area (Å²) in [7, 11) is 2.02. The van der Waals surface area contributed by atoms with Crippen LogP contribution in [-0.4, -0.2) is 35.2 Å². The SMILES string of the molecule is CN(Cc1ncon1)CC(C)(C)CN. The van der Waals surface area contributed by atoms with Gasteiger partial charge in [0.1, 0.15) is 0 Å². The zero-order chi connectivity index (χ0) is 10.6. The van der Waals surface area contributed by atoms with Crippen molar-refractivity contribution in [3.8, 4) is 0 Å². The molecule has 5 nitrogen and oxygen atoms in total. The molecule has 0 spiro atoms. The smallest absolute Gasteiger partial charge is 0.213 e. The monoisotopic (exact) mass is 198 g/mol. The van der Waals surface area contributed by atoms with E-state index in [0.717, 1.165) is 6.54 Å². The maximum absolute atomic E-state index is 5.65. The van der Waals surface area contributed by atoms with Crippen molar-refractivity contribution in [2.75, 3.05) is 20.1 Å². The summed E-state index contributed by atoms with van der Waals surface area (Å²) in [4.78, 5) is 6.10. The predicted molar refractivity (Wildman–Crippen MR) is 53.5 cm³/mol. The normalized spacial score (nSPS) is 12.4. The van der Waals surface area contributed by atoms with E-state index in [-0.39, 0.29) is 5.41 Å². The summed E-state index contributed by atoms with van der Waals surface area (Å²) in [6.45, 7) is 6.56. The molecule has 0 aliphatic carbocycles. The van der Waals surface area contributed by atoms with Crippen molar-refractivity contribution in [2.24, 2.45) is 11.1 Å². The molecule has 0 amide bonds. The highest BCUT2D eigenvalue weighted by atomic mass is 16.5. The second-order valence-corrected chi connectivity index (χ2v) is 4.39. The van der Waals surface area contributed by atoms with Crippen molar-refractivity contribution < 1.29 is 4.52 Å². The summed E-state index contributed by atoms with van der Waals surface area (Å²) in [5.74, 6) is 0.709. The quantitative estimate of drug-likeness (QED) is 0.745. The molecule has 1 aromatic rings. The van der Waals surface area contributed by atoms with Gasteiger partial charge < -0.3 is 10.3 Å². The lowest BCUT2D eigenvalue weighted by atomic mass is 9.93. The molecular weight excluding hydrogens is 180 g/mol. The van der Waals surface area contributed by atoms with Gasteiger partial charge in [0.25, 0.3) is 0 Å². The minimum atomic E-state index is 0.123. The van der Waals surface area contributed by atoms with E-state index >= 15 is 0 Å². The summed E-state index contributed by atoms with van der Waals surface area (Å²) >= 11 is 0. The molecule has 0 radical (unpaired) electrons. The molecule has 1 rings (SSSR count). The molecule has 1 heterocycles. The molecule has 0 aliphatic heterocycles. The molecular formula is C9H18N4O. The summed E-state index contributed by atoms with van der Waals surface area (Å²) in [5.41, 5.74) is 5.78. The topological polar surface area (TPSA) is 68.2 Å². The van der Waals surface area contributed by atoms with Crippen LogP contribution >= 0.6 is 0 Å². The fourth-order valence-corrected chi connectivity index (χ4v) is 1.35. The van der Waals surface area contributed by atoms with Crippen LogP contribution < -0.4 is 5.73 Å². The molecule has 0 fully saturated rings. The largest absolute Gasteiger partial charge is 0.343 e. The Kier molecular flexibility index (Phi) is 3.60. The van der Waals surface area contributed by atoms with Crippen LogP contribution in [-0.2, 0) is 6.54 Å². The van der Waals surface area contributed by atoms with E-state index in [9.17, 15) is 0 Å². The number of hydrogen-bond acceptors (Lipinski definition) is 5. The van der Waals surface area contributed by atoms with E-state index in [0.29, 0.717) is 18.9 Å². The van der Waals surface area contributed by atoms with Crippen LogP contribution in [0, 0.1) is 5.41 Å². The van der Waals surface area contributed by atoms with Gasteiger partial charge in [0.05, 0.1) is 6.54 Å². The van der Waals surface area contributed by atoms with Crippen molar-refractivity contribution in [3.05, 3.63) is 12.2 Å². The van der Waals surface area contributed by atoms with E-state index in [2.05, 4.69) is 33.4 Å². The highest BCUT2D eigenvalue weighted by Gasteiger charge is 2.18. The first-order valence-corrected chi connectivity index (χ1v) is 4.67. The maximum atomic E-state index is 5.65. The first kappa shape index (κ1) is 11.1. The van der Waals surface area contributed by atoms with Gasteiger partial charge in [-0.1, -0.05) is 19.0 Å². The predicted octanol–water partition coefficient (Wildman–Crippen LogP) is 0.486. The van der Waals surface area contributed by atoms with Gasteiger partial charge in [0, 0.05) is 6.54 Å². The fraction of sp³-hybridized carbons (Fsp3) is 0.778. The van der Waals surface area contributed by atoms with Crippen LogP contribution in [0.4, 0.5) is 0 Å². The van der Waals surface area contributed by atoms with Gasteiger partial charge in [-0.2, -0.15) is 4.98 Å². The van der Waals surface area contributed by atoms with E-state index in [4.69, 9.17) is 5.73 Å². The average molecular weight is 198 g/mol. The van der Waals surface area contributed by atoms with Crippen LogP contribution in [0.25, 0.3) is 0 Å². The van der Waals surface area contributed by atoms with Crippen LogP contribution in [0.1, 0.15) is 19.7 Å². The van der Waals surface area contributed by atoms with Crippen molar-refractivity contribution in [2.45, 2.75) is 20.4 Å². The molecule has 0 saturated carbocycles. The van der Waals surface area contributed by atoms with E-state index < -0.39 is 0 Å². The first-order chi connectivity index (χ1) is 6.53. The Morgan fingerprint density at radius 1 is 1.57 bits per heavy atom. The van der Waals surface area contributed by atoms with Crippen molar-refractivity contribution in [1.29, 1.82) is 0 Å². The summed E-state index contributed by atoms with van der Waals surface area (Å²) in [5, 5.41) is 3.75. The van der Waals surface area contributed by atoms with E-state index in [1.54, 1.807) is 0 Å². The number of rotatable bonds is 5. The van der Waals surface area contributed by atoms with Gasteiger partial charge in [-0.15, -0.1) is 0 Å². The molecule has 0 atom stereocenters. The molecule has 1 aromatic heterocycles. The highest BCUT2D eigenvalue weighted by molar-refractivity contribution is 4.80. The van der Waals surface area contributed by atoms with Gasteiger partial charge in [-0.25, -0.2) is 0 Å². The molecule has 2 N–H and O–H groups in total. The Morgan fingerprint density at radius 2 is 2.29 bits per heavy atom. The van der Waals surface area contributed by atoms with Crippen LogP contribution in [0.3, 0.4) is 0 Å². The van der Waals surface area contributed by atoms with Gasteiger partial charge in [0.2, 0.25) is 6.39 Å². The molecule has 0 unspecified atom stereocenters. The molecule has 0 bridgehead atoms. The van der Waals surface area contributed by atoms with Gasteiger partial charge in [0.15, 0.2) is 5.82 Å². The molecule has 14 heavy (non-hydrogen) atoms. The number of aromatic nitrogens is 2. The third kappa shape index (κ3) is 3.43. The average Bonchev–Trinajstić information content (AvgIpc) is 2.55. The van der Waals surface area contributed by atoms with E-state index in [1.165, 1.54) is 6.39 Å². The Labute approximate surface area is 84.3 Å². The molecule has 80 valence electrons. The standard InChI is InChI=1S/C9H18N4O/c1-9(2,5-10)6-13(3)4-8-11-7-14-12-8/h7H,4-6,10H2,1-3H3. The number of hydrogen-bond donors (Lipinski definition) is 1. The Bertz CT molecular complexity index is 258. The Morgan fingerprint density at radius 3 is 2.79 bits per heavy atom. The summed E-state index contributed by atoms with van der Waals surface area (Å²) in [6.07, 6.45) is 1.34. The molecule has 0 saturated heterocycles. The maximum Gasteiger partial charge on any atom is 0.213 e. The Hall–Kier alpha value is -0.940. The number of nitrogens with two attached hydrogens (primary N) is 1. The third-order valence-electron chi connectivity index (χ3n) is 2.07. The van der Waals surface area contributed by atoms with Gasteiger partial charge in [-0.3, -0.25) is 4.90 Å². The minimum absolute atomic E-state index is 0.123. The van der Waals surface area contributed by atoms with Crippen molar-refractivity contribution >= 4 is 0 Å². The first-order valence-electron chi connectivity index (χ1n) is 4.67. The number of nitrogens with zero attached hydrogens (tertiary/aromatic N) is 3. The lowest BCUT2D eigenvalue weighted by Crippen LogP contribution is -2.36. The third-order valence-corrected chi connectivity index (χ3v) is 2.07. The van der Waals surface area contributed by atoms with Crippen molar-refractivity contribution in [3.63, 3.8) is 0 Å². The molecule has 0 aliphatic rings. The zero-order valence-electron chi connectivity index (χ0n) is 9.03. The van der Waals surface area contributed by atoms with Crippen molar-refractivity contribution in [1.82, 2.24) is 15.0 Å². The molecule has 0 aromatic carbocycles. The van der Waals surface area contributed by atoms with E-state index in [1.807, 2.05) is 7.05 Å². The second kappa shape index (κ2) is 4.52. The summed E-state index contributed by atoms with van der Waals surface area (Å²) < 4.78 is 4.66. The summed E-state index contributed by atoms with van der Waals surface area (Å²) in [6, 6.07) is 0. The second-order valence-electron chi connectivity index (χ2n) is 4.39. The highest BCUT2D eigenvalue weighted by Crippen LogP contribution is 2.14. The fourth-order valence-electron chi connectivity index (χ4n) is 1.35. The van der Waals surface area contributed by atoms with Crippen LogP contribution in [0.15, 0.2) is 10.9 Å².